The zero-order valence-electron chi connectivity index (χ0n) is 9.45. The highest BCUT2D eigenvalue weighted by molar-refractivity contribution is 6.31. The molecule has 0 bridgehead atoms. The Hall–Kier alpha value is -2.14. The minimum Gasteiger partial charge on any atom is -0.436 e. The standard InChI is InChI=1S/C13H7ClF2N2O/c14-7-4-11-12(5-8(7)15)19-13(18-11)6-1-2-10(17)9(16)3-6/h1-5H,17H2. The number of nitrogen functional groups attached to an aromatic ring is 1. The van der Waals surface area contributed by atoms with Gasteiger partial charge in [0.05, 0.1) is 10.7 Å². The highest BCUT2D eigenvalue weighted by Crippen LogP contribution is 2.29. The largest absolute Gasteiger partial charge is 0.436 e. The van der Waals surface area contributed by atoms with E-state index in [-0.39, 0.29) is 22.2 Å². The van der Waals surface area contributed by atoms with Crippen LogP contribution in [0.5, 0.6) is 0 Å². The molecule has 2 N–H and O–H groups in total. The van der Waals surface area contributed by atoms with Crippen LogP contribution in [0, 0.1) is 11.6 Å². The molecule has 19 heavy (non-hydrogen) atoms. The van der Waals surface area contributed by atoms with Crippen LogP contribution in [0.25, 0.3) is 22.6 Å². The number of nitrogens with two attached hydrogens (primary N) is 1. The summed E-state index contributed by atoms with van der Waals surface area (Å²) in [4.78, 5) is 4.13. The summed E-state index contributed by atoms with van der Waals surface area (Å²) in [5.74, 6) is -0.986. The number of nitrogens with zero attached hydrogens (tertiary/aromatic N) is 1. The van der Waals surface area contributed by atoms with E-state index in [4.69, 9.17) is 21.8 Å². The van der Waals surface area contributed by atoms with Crippen LogP contribution in [0.4, 0.5) is 14.5 Å². The van der Waals surface area contributed by atoms with Gasteiger partial charge in [-0.25, -0.2) is 13.8 Å². The van der Waals surface area contributed by atoms with E-state index in [1.165, 1.54) is 18.2 Å². The number of aromatic nitrogens is 1. The predicted octanol–water partition coefficient (Wildman–Crippen LogP) is 4.01. The fourth-order valence-corrected chi connectivity index (χ4v) is 1.87. The summed E-state index contributed by atoms with van der Waals surface area (Å²) in [5.41, 5.74) is 6.49. The number of halogens is 3. The Balaban J connectivity index is 2.17. The fraction of sp³-hybridized carbons (Fsp3) is 0. The number of oxazole rings is 1. The first kappa shape index (κ1) is 11.9. The summed E-state index contributed by atoms with van der Waals surface area (Å²) < 4.78 is 32.0. The second-order valence-corrected chi connectivity index (χ2v) is 4.40. The number of rotatable bonds is 1. The van der Waals surface area contributed by atoms with Crippen LogP contribution in [-0.2, 0) is 0 Å². The van der Waals surface area contributed by atoms with Gasteiger partial charge in [0.15, 0.2) is 5.58 Å². The lowest BCUT2D eigenvalue weighted by Gasteiger charge is -1.98. The van der Waals surface area contributed by atoms with Crippen molar-refractivity contribution in [3.8, 4) is 11.5 Å². The second-order valence-electron chi connectivity index (χ2n) is 3.99. The van der Waals surface area contributed by atoms with Gasteiger partial charge in [0.25, 0.3) is 0 Å². The van der Waals surface area contributed by atoms with Crippen molar-refractivity contribution in [1.29, 1.82) is 0 Å². The molecule has 0 spiro atoms. The van der Waals surface area contributed by atoms with Crippen LogP contribution in [-0.4, -0.2) is 4.98 Å². The Morgan fingerprint density at radius 1 is 1.11 bits per heavy atom. The van der Waals surface area contributed by atoms with Gasteiger partial charge in [-0.15, -0.1) is 0 Å². The molecule has 6 heteroatoms. The van der Waals surface area contributed by atoms with Gasteiger partial charge in [0.2, 0.25) is 5.89 Å². The highest BCUT2D eigenvalue weighted by Gasteiger charge is 2.12. The Labute approximate surface area is 111 Å². The lowest BCUT2D eigenvalue weighted by molar-refractivity contribution is 0.600. The maximum atomic E-state index is 13.4. The lowest BCUT2D eigenvalue weighted by atomic mass is 10.2. The SMILES string of the molecule is Nc1ccc(-c2nc3cc(Cl)c(F)cc3o2)cc1F. The number of fused-ring (bicyclic) bond motifs is 1. The molecule has 3 aromatic rings. The van der Waals surface area contributed by atoms with Crippen molar-refractivity contribution < 1.29 is 13.2 Å². The van der Waals surface area contributed by atoms with Gasteiger partial charge in [-0.1, -0.05) is 11.6 Å². The van der Waals surface area contributed by atoms with E-state index in [1.54, 1.807) is 6.07 Å². The Morgan fingerprint density at radius 3 is 2.63 bits per heavy atom. The summed E-state index contributed by atoms with van der Waals surface area (Å²) in [7, 11) is 0. The van der Waals surface area contributed by atoms with Crippen LogP contribution in [0.2, 0.25) is 5.02 Å². The predicted molar refractivity (Wildman–Crippen MR) is 68.8 cm³/mol. The molecule has 0 unspecified atom stereocenters. The summed E-state index contributed by atoms with van der Waals surface area (Å²) in [6.07, 6.45) is 0. The first-order valence-corrected chi connectivity index (χ1v) is 5.73. The van der Waals surface area contributed by atoms with Gasteiger partial charge in [-0.05, 0) is 24.3 Å². The third kappa shape index (κ3) is 2.02. The molecule has 0 aliphatic carbocycles. The van der Waals surface area contributed by atoms with E-state index >= 15 is 0 Å². The van der Waals surface area contributed by atoms with Crippen molar-refractivity contribution in [3.05, 3.63) is 47.0 Å². The fourth-order valence-electron chi connectivity index (χ4n) is 1.71. The number of hydrogen-bond donors (Lipinski definition) is 1. The maximum Gasteiger partial charge on any atom is 0.227 e. The van der Waals surface area contributed by atoms with Crippen molar-refractivity contribution >= 4 is 28.4 Å². The maximum absolute atomic E-state index is 13.4. The van der Waals surface area contributed by atoms with Crippen LogP contribution >= 0.6 is 11.6 Å². The molecule has 0 aliphatic heterocycles. The topological polar surface area (TPSA) is 52.0 Å². The first-order valence-electron chi connectivity index (χ1n) is 5.35. The second kappa shape index (κ2) is 4.20. The van der Waals surface area contributed by atoms with Gasteiger partial charge in [-0.2, -0.15) is 0 Å². The van der Waals surface area contributed by atoms with Crippen molar-refractivity contribution in [2.75, 3.05) is 5.73 Å². The van der Waals surface area contributed by atoms with Crippen LogP contribution in [0.1, 0.15) is 0 Å². The molecule has 0 aliphatic rings. The minimum atomic E-state index is -0.597. The third-order valence-corrected chi connectivity index (χ3v) is 2.97. The smallest absolute Gasteiger partial charge is 0.227 e. The molecule has 3 rings (SSSR count). The number of benzene rings is 2. The van der Waals surface area contributed by atoms with E-state index in [0.717, 1.165) is 6.07 Å². The molecule has 96 valence electrons. The van der Waals surface area contributed by atoms with E-state index in [2.05, 4.69) is 4.98 Å². The monoisotopic (exact) mass is 280 g/mol. The molecule has 1 aromatic heterocycles. The summed E-state index contributed by atoms with van der Waals surface area (Å²) in [6.45, 7) is 0. The van der Waals surface area contributed by atoms with E-state index in [0.29, 0.717) is 11.1 Å². The molecule has 0 fully saturated rings. The molecule has 0 saturated carbocycles. The van der Waals surface area contributed by atoms with Crippen LogP contribution in [0.3, 0.4) is 0 Å². The molecule has 0 radical (unpaired) electrons. The first-order chi connectivity index (χ1) is 9.04. The zero-order chi connectivity index (χ0) is 13.6. The molecule has 0 atom stereocenters. The molecular formula is C13H7ClF2N2O. The van der Waals surface area contributed by atoms with Gasteiger partial charge in [0.1, 0.15) is 17.2 Å². The van der Waals surface area contributed by atoms with E-state index < -0.39 is 11.6 Å². The van der Waals surface area contributed by atoms with Gasteiger partial charge >= 0.3 is 0 Å². The average Bonchev–Trinajstić information content (AvgIpc) is 2.76. The zero-order valence-corrected chi connectivity index (χ0v) is 10.2. The molecular weight excluding hydrogens is 274 g/mol. The molecule has 0 saturated heterocycles. The van der Waals surface area contributed by atoms with E-state index in [9.17, 15) is 8.78 Å². The Kier molecular flexibility index (Phi) is 2.64. The summed E-state index contributed by atoms with van der Waals surface area (Å²) in [5, 5.41) is -0.0455. The number of anilines is 1. The molecule has 3 nitrogen and oxygen atoms in total. The molecule has 2 aromatic carbocycles. The van der Waals surface area contributed by atoms with Crippen molar-refractivity contribution in [3.63, 3.8) is 0 Å². The summed E-state index contributed by atoms with van der Waals surface area (Å²) in [6, 6.07) is 6.68. The normalized spacial score (nSPS) is 11.1. The third-order valence-electron chi connectivity index (χ3n) is 2.68. The van der Waals surface area contributed by atoms with Crippen molar-refractivity contribution in [1.82, 2.24) is 4.98 Å². The van der Waals surface area contributed by atoms with Gasteiger partial charge in [0, 0.05) is 11.6 Å². The minimum absolute atomic E-state index is 0.0361. The average molecular weight is 281 g/mol. The molecule has 1 heterocycles. The van der Waals surface area contributed by atoms with Gasteiger partial charge in [-0.3, -0.25) is 0 Å². The quantitative estimate of drug-likeness (QED) is 0.685. The Morgan fingerprint density at radius 2 is 1.89 bits per heavy atom. The number of hydrogen-bond acceptors (Lipinski definition) is 3. The van der Waals surface area contributed by atoms with Crippen molar-refractivity contribution in [2.45, 2.75) is 0 Å². The molecule has 0 amide bonds. The Bertz CT molecular complexity index is 747. The van der Waals surface area contributed by atoms with Crippen LogP contribution in [0.15, 0.2) is 34.7 Å². The van der Waals surface area contributed by atoms with Crippen molar-refractivity contribution in [2.24, 2.45) is 0 Å². The summed E-state index contributed by atoms with van der Waals surface area (Å²) >= 11 is 5.66. The lowest BCUT2D eigenvalue weighted by Crippen LogP contribution is -1.90. The van der Waals surface area contributed by atoms with Gasteiger partial charge < -0.3 is 10.2 Å². The van der Waals surface area contributed by atoms with E-state index in [1.807, 2.05) is 0 Å². The van der Waals surface area contributed by atoms with Crippen LogP contribution < -0.4 is 5.73 Å². The highest BCUT2D eigenvalue weighted by atomic mass is 35.5.